The van der Waals surface area contributed by atoms with Gasteiger partial charge in [-0.15, -0.1) is 0 Å². The molecule has 1 N–H and O–H groups in total. The minimum atomic E-state index is 0.887. The van der Waals surface area contributed by atoms with Crippen molar-refractivity contribution in [3.05, 3.63) is 0 Å². The lowest BCUT2D eigenvalue weighted by Crippen LogP contribution is -2.40. The Morgan fingerprint density at radius 2 is 1.88 bits per heavy atom. The van der Waals surface area contributed by atoms with Crippen molar-refractivity contribution in [1.82, 2.24) is 10.2 Å². The van der Waals surface area contributed by atoms with Gasteiger partial charge in [-0.1, -0.05) is 19.8 Å². The van der Waals surface area contributed by atoms with Crippen LogP contribution in [-0.4, -0.2) is 36.6 Å². The second kappa shape index (κ2) is 5.27. The summed E-state index contributed by atoms with van der Waals surface area (Å²) in [6, 6.07) is 1.80. The Bertz CT molecular complexity index is 249. The van der Waals surface area contributed by atoms with Crippen molar-refractivity contribution in [2.75, 3.05) is 19.6 Å². The molecule has 0 bridgehead atoms. The first kappa shape index (κ1) is 12.0. The fraction of sp³-hybridized carbons (Fsp3) is 1.00. The van der Waals surface area contributed by atoms with E-state index in [4.69, 9.17) is 0 Å². The molecular formula is C15H28N2. The lowest BCUT2D eigenvalue weighted by molar-refractivity contribution is 0.134. The molecule has 98 valence electrons. The number of rotatable bonds is 4. The second-order valence-corrected chi connectivity index (χ2v) is 6.66. The smallest absolute Gasteiger partial charge is 0.0121 e. The highest BCUT2D eigenvalue weighted by molar-refractivity contribution is 4.89. The van der Waals surface area contributed by atoms with E-state index in [1.807, 2.05) is 0 Å². The molecule has 3 rings (SSSR count). The Hall–Kier alpha value is -0.0800. The summed E-state index contributed by atoms with van der Waals surface area (Å²) in [4.78, 5) is 2.81. The molecule has 0 aromatic heterocycles. The van der Waals surface area contributed by atoms with Gasteiger partial charge in [-0.3, -0.25) is 4.90 Å². The molecule has 2 heteroatoms. The molecule has 0 radical (unpaired) electrons. The first-order valence-electron chi connectivity index (χ1n) is 7.80. The van der Waals surface area contributed by atoms with E-state index in [2.05, 4.69) is 17.1 Å². The van der Waals surface area contributed by atoms with Gasteiger partial charge in [0, 0.05) is 18.6 Å². The number of hydrogen-bond donors (Lipinski definition) is 1. The highest BCUT2D eigenvalue weighted by Gasteiger charge is 2.33. The Balaban J connectivity index is 1.45. The Kier molecular flexibility index (Phi) is 3.72. The van der Waals surface area contributed by atoms with Crippen molar-refractivity contribution >= 4 is 0 Å². The third-order valence-corrected chi connectivity index (χ3v) is 5.13. The molecule has 1 saturated heterocycles. The van der Waals surface area contributed by atoms with Gasteiger partial charge in [-0.25, -0.2) is 0 Å². The molecule has 1 heterocycles. The maximum absolute atomic E-state index is 3.71. The number of likely N-dealkylation sites (tertiary alicyclic amines) is 1. The van der Waals surface area contributed by atoms with E-state index in [1.54, 1.807) is 0 Å². The monoisotopic (exact) mass is 236 g/mol. The van der Waals surface area contributed by atoms with Crippen LogP contribution >= 0.6 is 0 Å². The molecule has 3 fully saturated rings. The topological polar surface area (TPSA) is 15.3 Å². The average molecular weight is 236 g/mol. The van der Waals surface area contributed by atoms with E-state index >= 15 is 0 Å². The van der Waals surface area contributed by atoms with Crippen LogP contribution in [0.15, 0.2) is 0 Å². The molecule has 3 aliphatic rings. The molecule has 0 amide bonds. The molecule has 2 saturated carbocycles. The highest BCUT2D eigenvalue weighted by atomic mass is 15.2. The van der Waals surface area contributed by atoms with Gasteiger partial charge in [0.1, 0.15) is 0 Å². The summed E-state index contributed by atoms with van der Waals surface area (Å²) in [6.07, 6.45) is 10.2. The predicted molar refractivity (Wildman–Crippen MR) is 72.1 cm³/mol. The van der Waals surface area contributed by atoms with Crippen molar-refractivity contribution in [3.8, 4) is 0 Å². The maximum atomic E-state index is 3.71. The van der Waals surface area contributed by atoms with Gasteiger partial charge in [-0.05, 0) is 57.0 Å². The number of nitrogens with one attached hydrogen (secondary N) is 1. The first-order valence-corrected chi connectivity index (χ1v) is 7.80. The summed E-state index contributed by atoms with van der Waals surface area (Å²) >= 11 is 0. The van der Waals surface area contributed by atoms with Gasteiger partial charge in [0.05, 0.1) is 0 Å². The minimum absolute atomic E-state index is 0.887. The quantitative estimate of drug-likeness (QED) is 0.807. The molecule has 0 spiro atoms. The van der Waals surface area contributed by atoms with Crippen molar-refractivity contribution in [3.63, 3.8) is 0 Å². The van der Waals surface area contributed by atoms with Crippen LogP contribution in [0.25, 0.3) is 0 Å². The van der Waals surface area contributed by atoms with Gasteiger partial charge >= 0.3 is 0 Å². The van der Waals surface area contributed by atoms with Gasteiger partial charge in [0.2, 0.25) is 0 Å². The van der Waals surface area contributed by atoms with Crippen LogP contribution in [0.1, 0.15) is 51.9 Å². The lowest BCUT2D eigenvalue weighted by Gasteiger charge is -2.36. The summed E-state index contributed by atoms with van der Waals surface area (Å²) in [7, 11) is 0. The largest absolute Gasteiger partial charge is 0.314 e. The normalized spacial score (nSPS) is 39.7. The van der Waals surface area contributed by atoms with E-state index < -0.39 is 0 Å². The van der Waals surface area contributed by atoms with Crippen LogP contribution in [0.2, 0.25) is 0 Å². The fourth-order valence-electron chi connectivity index (χ4n) is 3.79. The van der Waals surface area contributed by atoms with Crippen LogP contribution in [0.5, 0.6) is 0 Å². The van der Waals surface area contributed by atoms with Crippen LogP contribution in [0, 0.1) is 11.8 Å². The summed E-state index contributed by atoms with van der Waals surface area (Å²) in [6.45, 7) is 6.49. The van der Waals surface area contributed by atoms with Crippen molar-refractivity contribution in [2.24, 2.45) is 11.8 Å². The van der Waals surface area contributed by atoms with Gasteiger partial charge < -0.3 is 5.32 Å². The zero-order valence-electron chi connectivity index (χ0n) is 11.3. The van der Waals surface area contributed by atoms with Gasteiger partial charge in [0.15, 0.2) is 0 Å². The molecule has 0 aromatic carbocycles. The Morgan fingerprint density at radius 3 is 2.65 bits per heavy atom. The second-order valence-electron chi connectivity index (χ2n) is 6.66. The number of nitrogens with zero attached hydrogens (tertiary/aromatic N) is 1. The van der Waals surface area contributed by atoms with Crippen LogP contribution in [0.4, 0.5) is 0 Å². The number of hydrogen-bond acceptors (Lipinski definition) is 2. The first-order chi connectivity index (χ1) is 8.33. The summed E-state index contributed by atoms with van der Waals surface area (Å²) < 4.78 is 0. The standard InChI is InChI=1S/C15H28N2/c1-12-4-2-3-5-15(12)17-9-8-13(11-17)10-16-14-6-7-14/h12-16H,2-11H2,1H3. The summed E-state index contributed by atoms with van der Waals surface area (Å²) in [5.41, 5.74) is 0. The average Bonchev–Trinajstić information content (AvgIpc) is 3.06. The molecule has 0 aromatic rings. The Morgan fingerprint density at radius 1 is 1.06 bits per heavy atom. The van der Waals surface area contributed by atoms with E-state index in [9.17, 15) is 0 Å². The summed E-state index contributed by atoms with van der Waals surface area (Å²) in [5, 5.41) is 3.71. The fourth-order valence-corrected chi connectivity index (χ4v) is 3.79. The minimum Gasteiger partial charge on any atom is -0.314 e. The Labute approximate surface area is 106 Å². The van der Waals surface area contributed by atoms with E-state index in [0.29, 0.717) is 0 Å². The molecule has 3 atom stereocenters. The van der Waals surface area contributed by atoms with Gasteiger partial charge in [0.25, 0.3) is 0 Å². The third-order valence-electron chi connectivity index (χ3n) is 5.13. The maximum Gasteiger partial charge on any atom is 0.0121 e. The van der Waals surface area contributed by atoms with Crippen LogP contribution in [0.3, 0.4) is 0 Å². The zero-order valence-corrected chi connectivity index (χ0v) is 11.3. The molecule has 2 nitrogen and oxygen atoms in total. The predicted octanol–water partition coefficient (Wildman–Crippen LogP) is 2.64. The van der Waals surface area contributed by atoms with E-state index in [-0.39, 0.29) is 0 Å². The lowest BCUT2D eigenvalue weighted by atomic mass is 9.85. The molecular weight excluding hydrogens is 208 g/mol. The van der Waals surface area contributed by atoms with E-state index in [1.165, 1.54) is 64.6 Å². The van der Waals surface area contributed by atoms with Crippen LogP contribution in [-0.2, 0) is 0 Å². The molecule has 17 heavy (non-hydrogen) atoms. The molecule has 2 aliphatic carbocycles. The molecule has 1 aliphatic heterocycles. The summed E-state index contributed by atoms with van der Waals surface area (Å²) in [5.74, 6) is 1.88. The van der Waals surface area contributed by atoms with E-state index in [0.717, 1.165) is 23.9 Å². The highest BCUT2D eigenvalue weighted by Crippen LogP contribution is 2.31. The zero-order chi connectivity index (χ0) is 11.7. The van der Waals surface area contributed by atoms with Gasteiger partial charge in [-0.2, -0.15) is 0 Å². The molecule has 3 unspecified atom stereocenters. The third kappa shape index (κ3) is 3.03. The van der Waals surface area contributed by atoms with Crippen molar-refractivity contribution < 1.29 is 0 Å². The SMILES string of the molecule is CC1CCCCC1N1CCC(CNC2CC2)C1. The van der Waals surface area contributed by atoms with Crippen molar-refractivity contribution in [1.29, 1.82) is 0 Å². The van der Waals surface area contributed by atoms with Crippen molar-refractivity contribution in [2.45, 2.75) is 64.0 Å². The van der Waals surface area contributed by atoms with Crippen LogP contribution < -0.4 is 5.32 Å².